The third kappa shape index (κ3) is 3.93. The summed E-state index contributed by atoms with van der Waals surface area (Å²) in [4.78, 5) is 14.1. The second kappa shape index (κ2) is 6.37. The van der Waals surface area contributed by atoms with E-state index in [2.05, 4.69) is 12.1 Å². The van der Waals surface area contributed by atoms with E-state index in [9.17, 15) is 4.79 Å². The maximum atomic E-state index is 11.2. The van der Waals surface area contributed by atoms with E-state index in [-0.39, 0.29) is 11.9 Å². The van der Waals surface area contributed by atoms with E-state index in [1.54, 1.807) is 4.90 Å². The molecule has 19 heavy (non-hydrogen) atoms. The van der Waals surface area contributed by atoms with Crippen molar-refractivity contribution in [3.05, 3.63) is 34.9 Å². The molecule has 0 radical (unpaired) electrons. The number of hydrogen-bond donors (Lipinski definition) is 3. The van der Waals surface area contributed by atoms with Crippen LogP contribution in [0.4, 0.5) is 0 Å². The summed E-state index contributed by atoms with van der Waals surface area (Å²) in [6.07, 6.45) is 0. The SMILES string of the molecule is C[C@@H](C(N)=O)[NH+]1CC[NH+](Cc2ccc(Cl)cc2)CC1. The standard InChI is InChI=1S/C14H20ClN3O/c1-11(14(16)19)18-8-6-17(7-9-18)10-12-2-4-13(15)5-3-12/h2-5,11H,6-10H2,1H3,(H2,16,19)/p+2/t11-/m0/s1. The summed E-state index contributed by atoms with van der Waals surface area (Å²) in [6, 6.07) is 7.97. The Morgan fingerprint density at radius 3 is 2.37 bits per heavy atom. The lowest BCUT2D eigenvalue weighted by atomic mass is 10.1. The van der Waals surface area contributed by atoms with Crippen LogP contribution in [0.1, 0.15) is 12.5 Å². The van der Waals surface area contributed by atoms with Crippen LogP contribution in [-0.2, 0) is 11.3 Å². The molecule has 0 aliphatic carbocycles. The normalized spacial score (nSPS) is 24.9. The fraction of sp³-hybridized carbons (Fsp3) is 0.500. The molecule has 0 saturated carbocycles. The van der Waals surface area contributed by atoms with Crippen molar-refractivity contribution < 1.29 is 14.6 Å². The zero-order valence-corrected chi connectivity index (χ0v) is 12.0. The van der Waals surface area contributed by atoms with Gasteiger partial charge in [-0.1, -0.05) is 23.7 Å². The second-order valence-corrected chi connectivity index (χ2v) is 5.77. The molecule has 0 unspecified atom stereocenters. The number of nitrogens with two attached hydrogens (primary N) is 1. The summed E-state index contributed by atoms with van der Waals surface area (Å²) in [5, 5.41) is 0.781. The third-order valence-corrected chi connectivity index (χ3v) is 4.26. The maximum absolute atomic E-state index is 11.2. The van der Waals surface area contributed by atoms with E-state index in [1.165, 1.54) is 10.5 Å². The van der Waals surface area contributed by atoms with Gasteiger partial charge in [-0.15, -0.1) is 0 Å². The van der Waals surface area contributed by atoms with Crippen molar-refractivity contribution in [3.63, 3.8) is 0 Å². The largest absolute Gasteiger partial charge is 0.365 e. The van der Waals surface area contributed by atoms with Crippen molar-refractivity contribution >= 4 is 17.5 Å². The van der Waals surface area contributed by atoms with Crippen LogP contribution in [0.2, 0.25) is 5.02 Å². The van der Waals surface area contributed by atoms with E-state index < -0.39 is 0 Å². The average molecular weight is 284 g/mol. The molecule has 0 aromatic heterocycles. The molecule has 1 aliphatic heterocycles. The van der Waals surface area contributed by atoms with Crippen LogP contribution in [0, 0.1) is 0 Å². The molecule has 2 rings (SSSR count). The molecular weight excluding hydrogens is 262 g/mol. The number of primary amides is 1. The lowest BCUT2D eigenvalue weighted by molar-refractivity contribution is -1.02. The molecule has 1 aromatic carbocycles. The second-order valence-electron chi connectivity index (χ2n) is 5.34. The highest BCUT2D eigenvalue weighted by molar-refractivity contribution is 6.30. The molecule has 0 bridgehead atoms. The lowest BCUT2D eigenvalue weighted by Gasteiger charge is -2.32. The molecule has 4 N–H and O–H groups in total. The summed E-state index contributed by atoms with van der Waals surface area (Å²) >= 11 is 5.88. The Labute approximate surface area is 119 Å². The lowest BCUT2D eigenvalue weighted by Crippen LogP contribution is -3.29. The predicted octanol–water partition coefficient (Wildman–Crippen LogP) is -1.50. The fourth-order valence-corrected chi connectivity index (χ4v) is 2.75. The molecule has 1 atom stereocenters. The molecule has 104 valence electrons. The molecular formula is C14H22ClN3O+2. The highest BCUT2D eigenvalue weighted by Crippen LogP contribution is 2.08. The van der Waals surface area contributed by atoms with Crippen LogP contribution in [0.15, 0.2) is 24.3 Å². The molecule has 1 aliphatic rings. The Hall–Kier alpha value is -1.10. The number of halogens is 1. The molecule has 1 amide bonds. The van der Waals surface area contributed by atoms with Gasteiger partial charge in [-0.25, -0.2) is 0 Å². The smallest absolute Gasteiger partial charge is 0.275 e. The first kappa shape index (κ1) is 14.3. The van der Waals surface area contributed by atoms with Crippen LogP contribution >= 0.6 is 11.6 Å². The van der Waals surface area contributed by atoms with Crippen molar-refractivity contribution in [3.8, 4) is 0 Å². The zero-order valence-electron chi connectivity index (χ0n) is 11.3. The molecule has 1 saturated heterocycles. The molecule has 1 fully saturated rings. The van der Waals surface area contributed by atoms with Gasteiger partial charge in [0.15, 0.2) is 6.04 Å². The predicted molar refractivity (Wildman–Crippen MR) is 75.2 cm³/mol. The minimum Gasteiger partial charge on any atom is -0.365 e. The third-order valence-electron chi connectivity index (χ3n) is 4.01. The van der Waals surface area contributed by atoms with Crippen LogP contribution in [0.25, 0.3) is 0 Å². The van der Waals surface area contributed by atoms with Gasteiger partial charge in [0.2, 0.25) is 0 Å². The number of benzene rings is 1. The Kier molecular flexibility index (Phi) is 4.80. The monoisotopic (exact) mass is 283 g/mol. The summed E-state index contributed by atoms with van der Waals surface area (Å²) < 4.78 is 0. The van der Waals surface area contributed by atoms with Gasteiger partial charge in [-0.2, -0.15) is 0 Å². The summed E-state index contributed by atoms with van der Waals surface area (Å²) in [5.74, 6) is -0.198. The van der Waals surface area contributed by atoms with Crippen LogP contribution < -0.4 is 15.5 Å². The Bertz CT molecular complexity index is 427. The van der Waals surface area contributed by atoms with Crippen molar-refractivity contribution in [2.75, 3.05) is 26.2 Å². The van der Waals surface area contributed by atoms with Crippen molar-refractivity contribution in [1.29, 1.82) is 0 Å². The number of amides is 1. The van der Waals surface area contributed by atoms with Gasteiger partial charge in [0.1, 0.15) is 32.7 Å². The van der Waals surface area contributed by atoms with Gasteiger partial charge in [0.05, 0.1) is 0 Å². The van der Waals surface area contributed by atoms with Crippen LogP contribution in [0.5, 0.6) is 0 Å². The Balaban J connectivity index is 1.83. The topological polar surface area (TPSA) is 52.0 Å². The number of carbonyl (C=O) groups excluding carboxylic acids is 1. The van der Waals surface area contributed by atoms with Crippen LogP contribution in [-0.4, -0.2) is 38.1 Å². The summed E-state index contributed by atoms with van der Waals surface area (Å²) in [6.45, 7) is 7.11. The number of rotatable bonds is 4. The van der Waals surface area contributed by atoms with Gasteiger partial charge in [-0.3, -0.25) is 4.79 Å². The summed E-state index contributed by atoms with van der Waals surface area (Å²) in [5.41, 5.74) is 6.67. The number of carbonyl (C=O) groups is 1. The summed E-state index contributed by atoms with van der Waals surface area (Å²) in [7, 11) is 0. The van der Waals surface area contributed by atoms with Crippen LogP contribution in [0.3, 0.4) is 0 Å². The highest BCUT2D eigenvalue weighted by Gasteiger charge is 2.29. The first-order chi connectivity index (χ1) is 9.06. The minimum absolute atomic E-state index is 0.0721. The zero-order chi connectivity index (χ0) is 13.8. The van der Waals surface area contributed by atoms with E-state index in [4.69, 9.17) is 17.3 Å². The van der Waals surface area contributed by atoms with Crippen molar-refractivity contribution in [1.82, 2.24) is 0 Å². The molecule has 1 heterocycles. The van der Waals surface area contributed by atoms with Crippen molar-refractivity contribution in [2.45, 2.75) is 19.5 Å². The number of hydrogen-bond acceptors (Lipinski definition) is 1. The molecule has 0 spiro atoms. The van der Waals surface area contributed by atoms with Gasteiger partial charge < -0.3 is 15.5 Å². The van der Waals surface area contributed by atoms with Gasteiger partial charge in [0, 0.05) is 10.6 Å². The number of quaternary nitrogens is 2. The molecule has 4 nitrogen and oxygen atoms in total. The number of nitrogens with one attached hydrogen (secondary N) is 2. The number of piperazine rings is 1. The van der Waals surface area contributed by atoms with E-state index in [0.29, 0.717) is 0 Å². The van der Waals surface area contributed by atoms with E-state index >= 15 is 0 Å². The van der Waals surface area contributed by atoms with E-state index in [0.717, 1.165) is 37.7 Å². The Morgan fingerprint density at radius 2 is 1.84 bits per heavy atom. The molecule has 1 aromatic rings. The van der Waals surface area contributed by atoms with Gasteiger partial charge in [0.25, 0.3) is 5.91 Å². The fourth-order valence-electron chi connectivity index (χ4n) is 2.63. The first-order valence-electron chi connectivity index (χ1n) is 6.78. The highest BCUT2D eigenvalue weighted by atomic mass is 35.5. The van der Waals surface area contributed by atoms with Crippen molar-refractivity contribution in [2.24, 2.45) is 5.73 Å². The molecule has 5 heteroatoms. The van der Waals surface area contributed by atoms with Gasteiger partial charge >= 0.3 is 0 Å². The van der Waals surface area contributed by atoms with Gasteiger partial charge in [-0.05, 0) is 19.1 Å². The Morgan fingerprint density at radius 1 is 1.26 bits per heavy atom. The quantitative estimate of drug-likeness (QED) is 0.619. The average Bonchev–Trinajstić information content (AvgIpc) is 2.41. The van der Waals surface area contributed by atoms with E-state index in [1.807, 2.05) is 19.1 Å². The maximum Gasteiger partial charge on any atom is 0.275 e. The first-order valence-corrected chi connectivity index (χ1v) is 7.16. The minimum atomic E-state index is -0.198.